The molecule has 0 unspecified atom stereocenters. The minimum Gasteiger partial charge on any atom is -0.497 e. The van der Waals surface area contributed by atoms with Gasteiger partial charge in [0.1, 0.15) is 5.75 Å². The van der Waals surface area contributed by atoms with Crippen molar-refractivity contribution in [1.29, 1.82) is 0 Å². The van der Waals surface area contributed by atoms with Gasteiger partial charge in [-0.1, -0.05) is 19.1 Å². The Bertz CT molecular complexity index is 560. The van der Waals surface area contributed by atoms with Gasteiger partial charge in [0, 0.05) is 32.7 Å². The lowest BCUT2D eigenvalue weighted by Crippen LogP contribution is -2.54. The van der Waals surface area contributed by atoms with Crippen molar-refractivity contribution in [3.8, 4) is 5.75 Å². The summed E-state index contributed by atoms with van der Waals surface area (Å²) in [5.74, 6) is 1.48. The highest BCUT2D eigenvalue weighted by molar-refractivity contribution is 5.79. The molecule has 0 spiro atoms. The Morgan fingerprint density at radius 1 is 1.21 bits per heavy atom. The number of hydrogen-bond acceptors (Lipinski definition) is 4. The monoisotopic (exact) mass is 332 g/mol. The van der Waals surface area contributed by atoms with Crippen LogP contribution in [0.1, 0.15) is 18.9 Å². The molecule has 0 bridgehead atoms. The standard InChI is InChI=1S/C19H28N2O3/c1-4-20-12-16-17(13-20)21(10-9-18(16)24-3)19(22)11-14-5-7-15(23-2)8-6-14/h5-8,16-18H,4,9-13H2,1-3H3/t16-,17+,18+/m0/s1. The number of carbonyl (C=O) groups excluding carboxylic acids is 1. The molecule has 5 heteroatoms. The van der Waals surface area contributed by atoms with E-state index in [0.29, 0.717) is 12.3 Å². The molecule has 2 aliphatic rings. The number of nitrogens with zero attached hydrogens (tertiary/aromatic N) is 2. The van der Waals surface area contributed by atoms with Gasteiger partial charge in [0.25, 0.3) is 0 Å². The van der Waals surface area contributed by atoms with Crippen molar-refractivity contribution < 1.29 is 14.3 Å². The minimum atomic E-state index is 0.225. The molecule has 0 radical (unpaired) electrons. The first-order valence-corrected chi connectivity index (χ1v) is 8.83. The van der Waals surface area contributed by atoms with E-state index in [1.165, 1.54) is 0 Å². The second-order valence-corrected chi connectivity index (χ2v) is 6.76. The molecule has 1 aromatic rings. The number of amides is 1. The van der Waals surface area contributed by atoms with E-state index in [1.54, 1.807) is 14.2 Å². The van der Waals surface area contributed by atoms with Gasteiger partial charge in [0.2, 0.25) is 5.91 Å². The maximum atomic E-state index is 12.9. The molecule has 0 aliphatic carbocycles. The molecular weight excluding hydrogens is 304 g/mol. The summed E-state index contributed by atoms with van der Waals surface area (Å²) in [7, 11) is 3.45. The van der Waals surface area contributed by atoms with E-state index in [2.05, 4.69) is 16.7 Å². The van der Waals surface area contributed by atoms with Crippen molar-refractivity contribution in [2.24, 2.45) is 5.92 Å². The number of hydrogen-bond donors (Lipinski definition) is 0. The fourth-order valence-corrected chi connectivity index (χ4v) is 4.12. The van der Waals surface area contributed by atoms with Gasteiger partial charge < -0.3 is 19.3 Å². The maximum Gasteiger partial charge on any atom is 0.227 e. The van der Waals surface area contributed by atoms with Gasteiger partial charge in [0.05, 0.1) is 25.7 Å². The molecule has 0 N–H and O–H groups in total. The Labute approximate surface area is 144 Å². The molecular formula is C19H28N2O3. The van der Waals surface area contributed by atoms with Crippen molar-refractivity contribution in [3.05, 3.63) is 29.8 Å². The number of likely N-dealkylation sites (N-methyl/N-ethyl adjacent to an activating group) is 1. The lowest BCUT2D eigenvalue weighted by Gasteiger charge is -2.41. The van der Waals surface area contributed by atoms with Crippen LogP contribution in [0, 0.1) is 5.92 Å². The lowest BCUT2D eigenvalue weighted by atomic mass is 9.88. The van der Waals surface area contributed by atoms with Crippen molar-refractivity contribution >= 4 is 5.91 Å². The smallest absolute Gasteiger partial charge is 0.227 e. The first kappa shape index (κ1) is 17.2. The van der Waals surface area contributed by atoms with E-state index in [0.717, 1.165) is 43.9 Å². The molecule has 2 fully saturated rings. The number of likely N-dealkylation sites (tertiary alicyclic amines) is 2. The predicted molar refractivity (Wildman–Crippen MR) is 93.2 cm³/mol. The minimum absolute atomic E-state index is 0.225. The van der Waals surface area contributed by atoms with Gasteiger partial charge in [-0.15, -0.1) is 0 Å². The molecule has 3 atom stereocenters. The molecule has 0 aromatic heterocycles. The second-order valence-electron chi connectivity index (χ2n) is 6.76. The fraction of sp³-hybridized carbons (Fsp3) is 0.632. The third-order valence-corrected chi connectivity index (χ3v) is 5.53. The summed E-state index contributed by atoms with van der Waals surface area (Å²) >= 11 is 0. The van der Waals surface area contributed by atoms with Crippen molar-refractivity contribution in [2.45, 2.75) is 31.9 Å². The zero-order valence-electron chi connectivity index (χ0n) is 14.9. The molecule has 0 saturated carbocycles. The Hall–Kier alpha value is -1.59. The van der Waals surface area contributed by atoms with Crippen LogP contribution in [0.5, 0.6) is 5.75 Å². The van der Waals surface area contributed by atoms with Crippen molar-refractivity contribution in [1.82, 2.24) is 9.80 Å². The topological polar surface area (TPSA) is 42.0 Å². The van der Waals surface area contributed by atoms with Crippen LogP contribution in [-0.4, -0.2) is 68.3 Å². The summed E-state index contributed by atoms with van der Waals surface area (Å²) in [6, 6.07) is 8.06. The first-order valence-electron chi connectivity index (χ1n) is 8.83. The molecule has 132 valence electrons. The van der Waals surface area contributed by atoms with Gasteiger partial charge in [0.15, 0.2) is 0 Å². The number of ether oxygens (including phenoxy) is 2. The Morgan fingerprint density at radius 3 is 2.58 bits per heavy atom. The Kier molecular flexibility index (Phi) is 5.41. The number of benzene rings is 1. The van der Waals surface area contributed by atoms with E-state index in [-0.39, 0.29) is 18.1 Å². The molecule has 3 rings (SSSR count). The summed E-state index contributed by atoms with van der Waals surface area (Å²) in [5, 5.41) is 0. The summed E-state index contributed by atoms with van der Waals surface area (Å²) in [5.41, 5.74) is 1.04. The number of piperidine rings is 1. The molecule has 2 aliphatic heterocycles. The summed E-state index contributed by atoms with van der Waals surface area (Å²) in [6.45, 7) is 6.01. The zero-order chi connectivity index (χ0) is 17.1. The van der Waals surface area contributed by atoms with E-state index in [4.69, 9.17) is 9.47 Å². The number of fused-ring (bicyclic) bond motifs is 1. The maximum absolute atomic E-state index is 12.9. The van der Waals surface area contributed by atoms with E-state index >= 15 is 0 Å². The quantitative estimate of drug-likeness (QED) is 0.825. The van der Waals surface area contributed by atoms with Crippen LogP contribution in [0.25, 0.3) is 0 Å². The fourth-order valence-electron chi connectivity index (χ4n) is 4.12. The summed E-state index contributed by atoms with van der Waals surface area (Å²) in [4.78, 5) is 17.4. The normalized spacial score (nSPS) is 27.1. The van der Waals surface area contributed by atoms with E-state index in [9.17, 15) is 4.79 Å². The van der Waals surface area contributed by atoms with Crippen LogP contribution >= 0.6 is 0 Å². The van der Waals surface area contributed by atoms with Crippen LogP contribution in [0.2, 0.25) is 0 Å². The Balaban J connectivity index is 1.69. The van der Waals surface area contributed by atoms with Gasteiger partial charge >= 0.3 is 0 Å². The first-order chi connectivity index (χ1) is 11.7. The highest BCUT2D eigenvalue weighted by Gasteiger charge is 2.45. The van der Waals surface area contributed by atoms with E-state index < -0.39 is 0 Å². The zero-order valence-corrected chi connectivity index (χ0v) is 14.9. The number of methoxy groups -OCH3 is 2. The molecule has 2 heterocycles. The van der Waals surface area contributed by atoms with Gasteiger partial charge in [-0.3, -0.25) is 4.79 Å². The SMILES string of the molecule is CCN1C[C@H]2[C@@H](C1)N(C(=O)Cc1ccc(OC)cc1)CC[C@H]2OC. The van der Waals surface area contributed by atoms with Crippen molar-refractivity contribution in [2.75, 3.05) is 40.4 Å². The van der Waals surface area contributed by atoms with Gasteiger partial charge in [-0.2, -0.15) is 0 Å². The van der Waals surface area contributed by atoms with Crippen LogP contribution in [0.4, 0.5) is 0 Å². The van der Waals surface area contributed by atoms with Crippen LogP contribution < -0.4 is 4.74 Å². The molecule has 1 aromatic carbocycles. The van der Waals surface area contributed by atoms with E-state index in [1.807, 2.05) is 24.3 Å². The third kappa shape index (κ3) is 3.42. The summed E-state index contributed by atoms with van der Waals surface area (Å²) in [6.07, 6.45) is 1.66. The predicted octanol–water partition coefficient (Wildman–Crippen LogP) is 1.81. The number of carbonyl (C=O) groups is 1. The second kappa shape index (κ2) is 7.53. The van der Waals surface area contributed by atoms with Gasteiger partial charge in [-0.25, -0.2) is 0 Å². The average molecular weight is 332 g/mol. The molecule has 24 heavy (non-hydrogen) atoms. The van der Waals surface area contributed by atoms with Crippen LogP contribution in [-0.2, 0) is 16.0 Å². The van der Waals surface area contributed by atoms with Crippen molar-refractivity contribution in [3.63, 3.8) is 0 Å². The highest BCUT2D eigenvalue weighted by atomic mass is 16.5. The molecule has 5 nitrogen and oxygen atoms in total. The van der Waals surface area contributed by atoms with Gasteiger partial charge in [-0.05, 0) is 30.7 Å². The largest absolute Gasteiger partial charge is 0.497 e. The molecule has 1 amide bonds. The lowest BCUT2D eigenvalue weighted by molar-refractivity contribution is -0.138. The van der Waals surface area contributed by atoms with Crippen LogP contribution in [0.3, 0.4) is 0 Å². The summed E-state index contributed by atoms with van der Waals surface area (Å²) < 4.78 is 10.9. The molecule has 2 saturated heterocycles. The number of rotatable bonds is 5. The third-order valence-electron chi connectivity index (χ3n) is 5.53. The highest BCUT2D eigenvalue weighted by Crippen LogP contribution is 2.32. The Morgan fingerprint density at radius 2 is 1.96 bits per heavy atom. The average Bonchev–Trinajstić information content (AvgIpc) is 3.05. The van der Waals surface area contributed by atoms with Crippen LogP contribution in [0.15, 0.2) is 24.3 Å².